The second kappa shape index (κ2) is 7.48. The van der Waals surface area contributed by atoms with Gasteiger partial charge >= 0.3 is 0 Å². The van der Waals surface area contributed by atoms with E-state index in [1.165, 1.54) is 54.7 Å². The van der Waals surface area contributed by atoms with Crippen molar-refractivity contribution in [1.29, 1.82) is 0 Å². The SMILES string of the molecule is Cl.c1ccc2c(c1)CN(CC1CCNCC1)Cc1ccccc1-2. The Balaban J connectivity index is 0.00000156. The molecule has 2 aromatic rings. The lowest BCUT2D eigenvalue weighted by atomic mass is 9.97. The fourth-order valence-corrected chi connectivity index (χ4v) is 3.94. The van der Waals surface area contributed by atoms with E-state index in [-0.39, 0.29) is 12.4 Å². The molecule has 1 N–H and O–H groups in total. The lowest BCUT2D eigenvalue weighted by Gasteiger charge is -2.29. The van der Waals surface area contributed by atoms with E-state index in [1.54, 1.807) is 0 Å². The van der Waals surface area contributed by atoms with Crippen LogP contribution in [-0.4, -0.2) is 24.5 Å². The first kappa shape index (κ1) is 16.5. The molecule has 2 aromatic carbocycles. The third kappa shape index (κ3) is 3.60. The third-order valence-corrected chi connectivity index (χ3v) is 5.09. The van der Waals surface area contributed by atoms with Gasteiger partial charge < -0.3 is 5.32 Å². The molecular weight excluding hydrogens is 304 g/mol. The summed E-state index contributed by atoms with van der Waals surface area (Å²) < 4.78 is 0. The predicted molar refractivity (Wildman–Crippen MR) is 98.8 cm³/mol. The van der Waals surface area contributed by atoms with E-state index in [4.69, 9.17) is 0 Å². The Hall–Kier alpha value is -1.35. The minimum atomic E-state index is 0. The summed E-state index contributed by atoms with van der Waals surface area (Å²) in [5, 5.41) is 3.48. The first-order valence-electron chi connectivity index (χ1n) is 8.49. The monoisotopic (exact) mass is 328 g/mol. The van der Waals surface area contributed by atoms with Gasteiger partial charge in [-0.15, -0.1) is 12.4 Å². The molecule has 2 nitrogen and oxygen atoms in total. The van der Waals surface area contributed by atoms with Crippen LogP contribution >= 0.6 is 12.4 Å². The number of halogens is 1. The molecule has 0 aliphatic carbocycles. The minimum absolute atomic E-state index is 0. The summed E-state index contributed by atoms with van der Waals surface area (Å²) in [4.78, 5) is 2.65. The summed E-state index contributed by atoms with van der Waals surface area (Å²) in [7, 11) is 0. The van der Waals surface area contributed by atoms with Crippen molar-refractivity contribution < 1.29 is 0 Å². The Kier molecular flexibility index (Phi) is 5.37. The quantitative estimate of drug-likeness (QED) is 0.893. The van der Waals surface area contributed by atoms with Crippen LogP contribution in [0.4, 0.5) is 0 Å². The summed E-state index contributed by atoms with van der Waals surface area (Å²) in [6.45, 7) is 5.76. The van der Waals surface area contributed by atoms with Crippen molar-refractivity contribution in [3.8, 4) is 11.1 Å². The van der Waals surface area contributed by atoms with Crippen molar-refractivity contribution in [2.75, 3.05) is 19.6 Å². The lowest BCUT2D eigenvalue weighted by molar-refractivity contribution is 0.193. The zero-order chi connectivity index (χ0) is 14.8. The highest BCUT2D eigenvalue weighted by Crippen LogP contribution is 2.33. The largest absolute Gasteiger partial charge is 0.317 e. The van der Waals surface area contributed by atoms with Gasteiger partial charge in [-0.2, -0.15) is 0 Å². The van der Waals surface area contributed by atoms with Gasteiger partial charge in [0, 0.05) is 19.6 Å². The highest BCUT2D eigenvalue weighted by atomic mass is 35.5. The molecule has 0 saturated carbocycles. The minimum Gasteiger partial charge on any atom is -0.317 e. The van der Waals surface area contributed by atoms with E-state index in [0.717, 1.165) is 19.0 Å². The molecule has 0 aromatic heterocycles. The molecule has 2 heterocycles. The molecule has 0 radical (unpaired) electrons. The molecular formula is C20H25ClN2. The number of nitrogens with zero attached hydrogens (tertiary/aromatic N) is 1. The van der Waals surface area contributed by atoms with Crippen molar-refractivity contribution >= 4 is 12.4 Å². The van der Waals surface area contributed by atoms with E-state index >= 15 is 0 Å². The van der Waals surface area contributed by atoms with Gasteiger partial charge in [-0.05, 0) is 54.1 Å². The average molecular weight is 329 g/mol. The Morgan fingerprint density at radius 1 is 0.826 bits per heavy atom. The summed E-state index contributed by atoms with van der Waals surface area (Å²) in [5.74, 6) is 0.846. The molecule has 0 bridgehead atoms. The molecule has 0 spiro atoms. The summed E-state index contributed by atoms with van der Waals surface area (Å²) >= 11 is 0. The Morgan fingerprint density at radius 3 is 1.91 bits per heavy atom. The van der Waals surface area contributed by atoms with Crippen molar-refractivity contribution in [2.45, 2.75) is 25.9 Å². The molecule has 0 atom stereocenters. The van der Waals surface area contributed by atoms with Gasteiger partial charge in [0.15, 0.2) is 0 Å². The van der Waals surface area contributed by atoms with Gasteiger partial charge in [0.1, 0.15) is 0 Å². The molecule has 122 valence electrons. The van der Waals surface area contributed by atoms with Gasteiger partial charge in [0.05, 0.1) is 0 Å². The van der Waals surface area contributed by atoms with Crippen LogP contribution in [0.3, 0.4) is 0 Å². The molecule has 0 unspecified atom stereocenters. The van der Waals surface area contributed by atoms with Crippen molar-refractivity contribution in [3.05, 3.63) is 59.7 Å². The van der Waals surface area contributed by atoms with Crippen LogP contribution in [-0.2, 0) is 13.1 Å². The first-order valence-corrected chi connectivity index (χ1v) is 8.49. The molecule has 2 aliphatic rings. The second-order valence-corrected chi connectivity index (χ2v) is 6.68. The van der Waals surface area contributed by atoms with Crippen LogP contribution in [0.15, 0.2) is 48.5 Å². The maximum absolute atomic E-state index is 3.48. The maximum Gasteiger partial charge on any atom is 0.0243 e. The normalized spacial score (nSPS) is 18.4. The Labute approximate surface area is 145 Å². The van der Waals surface area contributed by atoms with E-state index in [0.29, 0.717) is 0 Å². The Bertz CT molecular complexity index is 602. The van der Waals surface area contributed by atoms with Crippen LogP contribution in [0.5, 0.6) is 0 Å². The summed E-state index contributed by atoms with van der Waals surface area (Å²) in [6.07, 6.45) is 2.64. The van der Waals surface area contributed by atoms with Crippen molar-refractivity contribution in [2.24, 2.45) is 5.92 Å². The van der Waals surface area contributed by atoms with Crippen LogP contribution < -0.4 is 5.32 Å². The maximum atomic E-state index is 3.48. The standard InChI is InChI=1S/C20H24N2.ClH/c1-3-7-19-17(5-1)14-22(13-16-9-11-21-12-10-16)15-18-6-2-4-8-20(18)19;/h1-8,16,21H,9-15H2;1H. The molecule has 0 amide bonds. The summed E-state index contributed by atoms with van der Waals surface area (Å²) in [6, 6.07) is 17.8. The van der Waals surface area contributed by atoms with Gasteiger partial charge in [0.2, 0.25) is 0 Å². The first-order chi connectivity index (χ1) is 10.9. The number of hydrogen-bond acceptors (Lipinski definition) is 2. The van der Waals surface area contributed by atoms with E-state index in [9.17, 15) is 0 Å². The third-order valence-electron chi connectivity index (χ3n) is 5.09. The fourth-order valence-electron chi connectivity index (χ4n) is 3.94. The number of piperidine rings is 1. The number of nitrogens with one attached hydrogen (secondary N) is 1. The van der Waals surface area contributed by atoms with Gasteiger partial charge in [-0.3, -0.25) is 4.90 Å². The van der Waals surface area contributed by atoms with Crippen molar-refractivity contribution in [1.82, 2.24) is 10.2 Å². The average Bonchev–Trinajstić information content (AvgIpc) is 2.72. The number of rotatable bonds is 2. The van der Waals surface area contributed by atoms with Crippen LogP contribution in [0, 0.1) is 5.92 Å². The molecule has 1 saturated heterocycles. The Morgan fingerprint density at radius 2 is 1.35 bits per heavy atom. The second-order valence-electron chi connectivity index (χ2n) is 6.68. The van der Waals surface area contributed by atoms with Gasteiger partial charge in [-0.1, -0.05) is 48.5 Å². The fraction of sp³-hybridized carbons (Fsp3) is 0.400. The molecule has 1 fully saturated rings. The molecule has 4 rings (SSSR count). The topological polar surface area (TPSA) is 15.3 Å². The highest BCUT2D eigenvalue weighted by Gasteiger charge is 2.22. The van der Waals surface area contributed by atoms with E-state index < -0.39 is 0 Å². The lowest BCUT2D eigenvalue weighted by Crippen LogP contribution is -2.35. The van der Waals surface area contributed by atoms with E-state index in [2.05, 4.69) is 58.7 Å². The van der Waals surface area contributed by atoms with Crippen LogP contribution in [0.25, 0.3) is 11.1 Å². The number of fused-ring (bicyclic) bond motifs is 3. The van der Waals surface area contributed by atoms with Crippen molar-refractivity contribution in [3.63, 3.8) is 0 Å². The molecule has 2 aliphatic heterocycles. The predicted octanol–water partition coefficient (Wildman–Crippen LogP) is 4.09. The van der Waals surface area contributed by atoms with Crippen LogP contribution in [0.1, 0.15) is 24.0 Å². The van der Waals surface area contributed by atoms with Gasteiger partial charge in [0.25, 0.3) is 0 Å². The zero-order valence-electron chi connectivity index (χ0n) is 13.5. The molecule has 23 heavy (non-hydrogen) atoms. The molecule has 3 heteroatoms. The summed E-state index contributed by atoms with van der Waals surface area (Å²) in [5.41, 5.74) is 5.79. The van der Waals surface area contributed by atoms with Gasteiger partial charge in [-0.25, -0.2) is 0 Å². The van der Waals surface area contributed by atoms with E-state index in [1.807, 2.05) is 0 Å². The number of hydrogen-bond donors (Lipinski definition) is 1. The highest BCUT2D eigenvalue weighted by molar-refractivity contribution is 5.85. The van der Waals surface area contributed by atoms with Crippen LogP contribution in [0.2, 0.25) is 0 Å². The number of benzene rings is 2. The smallest absolute Gasteiger partial charge is 0.0243 e. The zero-order valence-corrected chi connectivity index (χ0v) is 14.3.